The van der Waals surface area contributed by atoms with Crippen molar-refractivity contribution in [2.75, 3.05) is 47.5 Å². The summed E-state index contributed by atoms with van der Waals surface area (Å²) in [5.41, 5.74) is 0. The molecule has 506 valence electrons. The van der Waals surface area contributed by atoms with Crippen LogP contribution in [0.5, 0.6) is 0 Å². The van der Waals surface area contributed by atoms with Crippen LogP contribution < -0.4 is 5.11 Å². The molecule has 0 bridgehead atoms. The van der Waals surface area contributed by atoms with Crippen LogP contribution >= 0.6 is 0 Å². The van der Waals surface area contributed by atoms with Crippen LogP contribution in [0.3, 0.4) is 0 Å². The second kappa shape index (κ2) is 69.5. The monoisotopic (exact) mass is 1250 g/mol. The van der Waals surface area contributed by atoms with E-state index in [9.17, 15) is 19.5 Å². The largest absolute Gasteiger partial charge is 0.545 e. The number of ether oxygens (including phenoxy) is 4. The molecule has 0 aromatic rings. The lowest BCUT2D eigenvalue weighted by Crippen LogP contribution is -2.44. The molecule has 0 N–H and O–H groups in total. The first-order valence-corrected chi connectivity index (χ1v) is 34.9. The Morgan fingerprint density at radius 2 is 0.593 bits per heavy atom. The van der Waals surface area contributed by atoms with E-state index in [-0.39, 0.29) is 38.6 Å². The molecule has 91 heavy (non-hydrogen) atoms. The zero-order chi connectivity index (χ0) is 66.1. The Morgan fingerprint density at radius 3 is 0.879 bits per heavy atom. The highest BCUT2D eigenvalue weighted by molar-refractivity contribution is 5.70. The van der Waals surface area contributed by atoms with E-state index in [1.54, 1.807) is 0 Å². The van der Waals surface area contributed by atoms with Crippen molar-refractivity contribution in [1.29, 1.82) is 0 Å². The van der Waals surface area contributed by atoms with Gasteiger partial charge in [0, 0.05) is 12.8 Å². The second-order valence-electron chi connectivity index (χ2n) is 23.3. The summed E-state index contributed by atoms with van der Waals surface area (Å²) in [5.74, 6) is -2.37. The zero-order valence-electron chi connectivity index (χ0n) is 57.6. The van der Waals surface area contributed by atoms with Crippen LogP contribution in [0, 0.1) is 0 Å². The van der Waals surface area contributed by atoms with Crippen LogP contribution in [0.4, 0.5) is 0 Å². The van der Waals surface area contributed by atoms with Crippen molar-refractivity contribution in [3.05, 3.63) is 219 Å². The summed E-state index contributed by atoms with van der Waals surface area (Å²) in [6, 6.07) is 0. The molecule has 0 aliphatic heterocycles. The normalized spacial score (nSPS) is 14.1. The van der Waals surface area contributed by atoms with E-state index in [1.165, 1.54) is 0 Å². The molecule has 0 saturated carbocycles. The van der Waals surface area contributed by atoms with Crippen molar-refractivity contribution in [2.24, 2.45) is 0 Å². The predicted molar refractivity (Wildman–Crippen MR) is 388 cm³/mol. The van der Waals surface area contributed by atoms with Crippen LogP contribution in [0.2, 0.25) is 0 Å². The SMILES string of the molecule is CC/C=C\C/C=C\C/C=C\C/C=C\C/C=C\C/C=C\C/C=C\C/C=C\C/C=C\C/C=C\C/C=C\C/C=C\CCCCCCC(=O)OC(COC(=O)CCCCCCCC/C=C\C/C=C\C/C=C\C/C=C\C/C=C\C/C=C\CC)COC(OCC[N+](C)(C)C)C(=O)[O-]. The maximum absolute atomic E-state index is 12.9. The number of hydrogen-bond donors (Lipinski definition) is 0. The number of rotatable bonds is 61. The minimum absolute atomic E-state index is 0.127. The van der Waals surface area contributed by atoms with E-state index in [0.717, 1.165) is 180 Å². The third kappa shape index (κ3) is 70.9. The van der Waals surface area contributed by atoms with Gasteiger partial charge < -0.3 is 33.3 Å². The molecule has 0 saturated heterocycles. The number of allylic oxidation sites excluding steroid dienone is 36. The molecule has 0 heterocycles. The number of carbonyl (C=O) groups excluding carboxylic acids is 3. The van der Waals surface area contributed by atoms with Gasteiger partial charge in [0.15, 0.2) is 12.4 Å². The summed E-state index contributed by atoms with van der Waals surface area (Å²) in [7, 11) is 5.89. The summed E-state index contributed by atoms with van der Waals surface area (Å²) >= 11 is 0. The smallest absolute Gasteiger partial charge is 0.306 e. The Labute approximate surface area is 556 Å². The molecule has 0 aromatic carbocycles. The Kier molecular flexibility index (Phi) is 64.6. The maximum atomic E-state index is 12.9. The standard InChI is InChI=1S/C82H125NO8/c1-6-8-10-12-14-16-18-20-22-24-26-28-30-32-33-34-35-36-37-38-39-40-41-42-43-44-45-46-47-49-51-53-55-57-59-61-63-65-67-69-71-73-80(85)91-78(77-90-82(81(86)87)88-75-74-83(3,4)5)76-89-79(84)72-70-68-66-64-62-60-58-56-54-52-50-48-31-29-27-25-23-21-19-17-15-13-11-9-7-2/h8-11,14-17,20-23,26-29,32-33,35-36,38-39,41-42,44-45,47-50,53-56,59,61,78,82H,6-7,12-13,18-19,24-25,30-31,34,37,40,43,46,51-52,57-58,60,62-77H2,1-5H3/b10-8-,11-9-,16-14-,17-15-,22-20-,23-21-,28-26-,29-27-,33-32-,36-35-,39-38-,42-41-,45-44-,49-47-,50-48-,55-53-,56-54-,61-59-. The van der Waals surface area contributed by atoms with Crippen molar-refractivity contribution in [3.63, 3.8) is 0 Å². The van der Waals surface area contributed by atoms with E-state index in [4.69, 9.17) is 18.9 Å². The molecule has 9 heteroatoms. The van der Waals surface area contributed by atoms with Gasteiger partial charge in [-0.1, -0.05) is 271 Å². The summed E-state index contributed by atoms with van der Waals surface area (Å²) in [4.78, 5) is 37.5. The number of hydrogen-bond acceptors (Lipinski definition) is 8. The molecular formula is C82H125NO8. The number of likely N-dealkylation sites (N-methyl/N-ethyl adjacent to an activating group) is 1. The van der Waals surface area contributed by atoms with Gasteiger partial charge in [-0.3, -0.25) is 9.59 Å². The minimum Gasteiger partial charge on any atom is -0.545 e. The molecule has 0 aliphatic carbocycles. The summed E-state index contributed by atoms with van der Waals surface area (Å²) in [6.07, 6.45) is 107. The Balaban J connectivity index is 4.30. The van der Waals surface area contributed by atoms with E-state index in [0.29, 0.717) is 23.9 Å². The van der Waals surface area contributed by atoms with Gasteiger partial charge in [-0.2, -0.15) is 0 Å². The Hall–Kier alpha value is -6.39. The van der Waals surface area contributed by atoms with Gasteiger partial charge in [-0.25, -0.2) is 0 Å². The lowest BCUT2D eigenvalue weighted by molar-refractivity contribution is -0.870. The van der Waals surface area contributed by atoms with Crippen LogP contribution in [-0.4, -0.2) is 82.3 Å². The van der Waals surface area contributed by atoms with Crippen molar-refractivity contribution < 1.29 is 42.9 Å². The summed E-state index contributed by atoms with van der Waals surface area (Å²) in [6.45, 7) is 4.43. The number of aliphatic carboxylic acids is 1. The maximum Gasteiger partial charge on any atom is 0.306 e. The van der Waals surface area contributed by atoms with Gasteiger partial charge in [0.05, 0.1) is 40.3 Å². The number of unbranched alkanes of at least 4 members (excludes halogenated alkanes) is 10. The lowest BCUT2D eigenvalue weighted by Gasteiger charge is -2.26. The Morgan fingerprint density at radius 1 is 0.330 bits per heavy atom. The number of carbonyl (C=O) groups is 3. The quantitative estimate of drug-likeness (QED) is 0.0195. The van der Waals surface area contributed by atoms with Crippen LogP contribution in [0.25, 0.3) is 0 Å². The third-order valence-corrected chi connectivity index (χ3v) is 13.7. The van der Waals surface area contributed by atoms with E-state index < -0.39 is 24.3 Å². The molecule has 2 atom stereocenters. The number of nitrogens with zero attached hydrogens (tertiary/aromatic N) is 1. The van der Waals surface area contributed by atoms with Crippen molar-refractivity contribution in [1.82, 2.24) is 0 Å². The fourth-order valence-corrected chi connectivity index (χ4v) is 8.46. The highest BCUT2D eigenvalue weighted by Gasteiger charge is 2.22. The van der Waals surface area contributed by atoms with Crippen LogP contribution in [-0.2, 0) is 33.3 Å². The molecule has 0 amide bonds. The van der Waals surface area contributed by atoms with Gasteiger partial charge in [-0.15, -0.1) is 0 Å². The first-order chi connectivity index (χ1) is 44.6. The number of esters is 2. The van der Waals surface area contributed by atoms with Crippen LogP contribution in [0.1, 0.15) is 219 Å². The highest BCUT2D eigenvalue weighted by Crippen LogP contribution is 2.13. The van der Waals surface area contributed by atoms with Gasteiger partial charge in [-0.05, 0) is 154 Å². The first kappa shape index (κ1) is 84.6. The predicted octanol–water partition coefficient (Wildman–Crippen LogP) is 20.8. The fraction of sp³-hybridized carbons (Fsp3) is 0.524. The second-order valence-corrected chi connectivity index (χ2v) is 23.3. The molecule has 0 spiro atoms. The molecule has 9 nitrogen and oxygen atoms in total. The molecule has 0 aliphatic rings. The first-order valence-electron chi connectivity index (χ1n) is 34.9. The third-order valence-electron chi connectivity index (χ3n) is 13.7. The van der Waals surface area contributed by atoms with Gasteiger partial charge in [0.2, 0.25) is 0 Å². The van der Waals surface area contributed by atoms with E-state index >= 15 is 0 Å². The van der Waals surface area contributed by atoms with Gasteiger partial charge in [0.25, 0.3) is 0 Å². The molecule has 0 fully saturated rings. The fourth-order valence-electron chi connectivity index (χ4n) is 8.46. The topological polar surface area (TPSA) is 111 Å². The van der Waals surface area contributed by atoms with E-state index in [2.05, 4.69) is 233 Å². The van der Waals surface area contributed by atoms with Gasteiger partial charge >= 0.3 is 11.9 Å². The molecule has 0 radical (unpaired) electrons. The van der Waals surface area contributed by atoms with Crippen molar-refractivity contribution >= 4 is 17.9 Å². The number of quaternary nitrogens is 1. The van der Waals surface area contributed by atoms with Crippen molar-refractivity contribution in [3.8, 4) is 0 Å². The summed E-state index contributed by atoms with van der Waals surface area (Å²) < 4.78 is 22.7. The molecule has 0 aromatic heterocycles. The zero-order valence-corrected chi connectivity index (χ0v) is 57.6. The summed E-state index contributed by atoms with van der Waals surface area (Å²) in [5, 5.41) is 11.8. The van der Waals surface area contributed by atoms with Gasteiger partial charge in [0.1, 0.15) is 13.2 Å². The Bertz CT molecular complexity index is 2300. The van der Waals surface area contributed by atoms with Crippen molar-refractivity contribution in [2.45, 2.75) is 232 Å². The number of carboxylic acids is 1. The molecular weight excluding hydrogens is 1130 g/mol. The molecule has 2 unspecified atom stereocenters. The van der Waals surface area contributed by atoms with E-state index in [1.807, 2.05) is 21.1 Å². The average molecular weight is 1250 g/mol. The lowest BCUT2D eigenvalue weighted by atomic mass is 10.1. The molecule has 0 rings (SSSR count). The minimum atomic E-state index is -1.65. The highest BCUT2D eigenvalue weighted by atomic mass is 16.7. The number of carboxylic acid groups (broad SMARTS) is 1. The van der Waals surface area contributed by atoms with Crippen LogP contribution in [0.15, 0.2) is 219 Å². The average Bonchev–Trinajstić information content (AvgIpc) is 3.53.